The second-order valence-electron chi connectivity index (χ2n) is 3.56. The number of likely N-dealkylation sites (N-methyl/N-ethyl adjacent to an activating group) is 1. The van der Waals surface area contributed by atoms with Crippen molar-refractivity contribution in [2.24, 2.45) is 0 Å². The summed E-state index contributed by atoms with van der Waals surface area (Å²) in [7, 11) is 1.71. The zero-order chi connectivity index (χ0) is 12.7. The number of amides is 2. The van der Waals surface area contributed by atoms with Gasteiger partial charge in [-0.3, -0.25) is 9.59 Å². The van der Waals surface area contributed by atoms with Crippen LogP contribution in [0.1, 0.15) is 13.3 Å². The smallest absolute Gasteiger partial charge is 0.238 e. The Kier molecular flexibility index (Phi) is 7.74. The summed E-state index contributed by atoms with van der Waals surface area (Å²) < 4.78 is 0. The third kappa shape index (κ3) is 5.65. The Balaban J connectivity index is 0.00000289. The third-order valence-corrected chi connectivity index (χ3v) is 2.11. The van der Waals surface area contributed by atoms with Gasteiger partial charge in [-0.05, 0) is 31.3 Å². The molecule has 100 valence electrons. The topological polar surface area (TPSA) is 70.2 Å². The molecule has 0 aliphatic rings. The standard InChI is InChI=1S/C12H17N3O2.ClH/c1-3-11(16)14-9-4-6-10(7-5-9)15-12(17)8-13-2;/h4-7,13H,3,8H2,1-2H3,(H,14,16)(H,15,17);1H. The molecule has 0 heterocycles. The van der Waals surface area contributed by atoms with Crippen LogP contribution < -0.4 is 16.0 Å². The van der Waals surface area contributed by atoms with Crippen molar-refractivity contribution < 1.29 is 9.59 Å². The van der Waals surface area contributed by atoms with Gasteiger partial charge in [-0.2, -0.15) is 0 Å². The summed E-state index contributed by atoms with van der Waals surface area (Å²) >= 11 is 0. The lowest BCUT2D eigenvalue weighted by Gasteiger charge is -2.07. The van der Waals surface area contributed by atoms with Crippen molar-refractivity contribution in [2.45, 2.75) is 13.3 Å². The van der Waals surface area contributed by atoms with Gasteiger partial charge in [0.1, 0.15) is 0 Å². The lowest BCUT2D eigenvalue weighted by Crippen LogP contribution is -2.25. The molecule has 0 saturated heterocycles. The van der Waals surface area contributed by atoms with Crippen molar-refractivity contribution in [1.29, 1.82) is 0 Å². The fraction of sp³-hybridized carbons (Fsp3) is 0.333. The SMILES string of the molecule is CCC(=O)Nc1ccc(NC(=O)CNC)cc1.Cl. The summed E-state index contributed by atoms with van der Waals surface area (Å²) in [6.45, 7) is 2.07. The highest BCUT2D eigenvalue weighted by atomic mass is 35.5. The number of carbonyl (C=O) groups excluding carboxylic acids is 2. The highest BCUT2D eigenvalue weighted by Crippen LogP contribution is 2.13. The highest BCUT2D eigenvalue weighted by molar-refractivity contribution is 5.93. The Hall–Kier alpha value is -1.59. The largest absolute Gasteiger partial charge is 0.326 e. The molecule has 2 amide bonds. The Morgan fingerprint density at radius 1 is 1.00 bits per heavy atom. The van der Waals surface area contributed by atoms with Crippen molar-refractivity contribution in [3.8, 4) is 0 Å². The van der Waals surface area contributed by atoms with E-state index in [0.717, 1.165) is 5.69 Å². The van der Waals surface area contributed by atoms with Crippen LogP contribution in [0.15, 0.2) is 24.3 Å². The van der Waals surface area contributed by atoms with Gasteiger partial charge in [0.15, 0.2) is 0 Å². The van der Waals surface area contributed by atoms with Gasteiger partial charge in [-0.15, -0.1) is 12.4 Å². The maximum Gasteiger partial charge on any atom is 0.238 e. The van der Waals surface area contributed by atoms with E-state index in [0.29, 0.717) is 12.1 Å². The van der Waals surface area contributed by atoms with Crippen molar-refractivity contribution in [2.75, 3.05) is 24.2 Å². The number of nitrogens with one attached hydrogen (secondary N) is 3. The van der Waals surface area contributed by atoms with Crippen molar-refractivity contribution in [1.82, 2.24) is 5.32 Å². The lowest BCUT2D eigenvalue weighted by molar-refractivity contribution is -0.116. The molecule has 0 atom stereocenters. The van der Waals surface area contributed by atoms with Crippen molar-refractivity contribution in [3.63, 3.8) is 0 Å². The number of anilines is 2. The summed E-state index contributed by atoms with van der Waals surface area (Å²) in [5.41, 5.74) is 1.43. The van der Waals surface area contributed by atoms with Gasteiger partial charge < -0.3 is 16.0 Å². The van der Waals surface area contributed by atoms with E-state index in [9.17, 15) is 9.59 Å². The number of hydrogen-bond donors (Lipinski definition) is 3. The van der Waals surface area contributed by atoms with Crippen LogP contribution in [-0.2, 0) is 9.59 Å². The first-order valence-electron chi connectivity index (χ1n) is 5.50. The van der Waals surface area contributed by atoms with Crippen molar-refractivity contribution in [3.05, 3.63) is 24.3 Å². The van der Waals surface area contributed by atoms with Gasteiger partial charge in [-0.25, -0.2) is 0 Å². The normalized spacial score (nSPS) is 9.22. The second-order valence-corrected chi connectivity index (χ2v) is 3.56. The number of halogens is 1. The molecule has 5 nitrogen and oxygen atoms in total. The Morgan fingerprint density at radius 2 is 1.44 bits per heavy atom. The molecular weight excluding hydrogens is 254 g/mol. The van der Waals surface area contributed by atoms with Gasteiger partial charge in [0.05, 0.1) is 6.54 Å². The first-order chi connectivity index (χ1) is 8.15. The molecule has 1 aromatic carbocycles. The van der Waals surface area contributed by atoms with Gasteiger partial charge >= 0.3 is 0 Å². The molecule has 0 aliphatic carbocycles. The minimum Gasteiger partial charge on any atom is -0.326 e. The molecule has 0 saturated carbocycles. The molecule has 0 unspecified atom stereocenters. The number of hydrogen-bond acceptors (Lipinski definition) is 3. The molecule has 0 bridgehead atoms. The molecule has 0 aromatic heterocycles. The Labute approximate surface area is 113 Å². The summed E-state index contributed by atoms with van der Waals surface area (Å²) in [6, 6.07) is 7.00. The molecule has 0 aliphatic heterocycles. The quantitative estimate of drug-likeness (QED) is 0.762. The molecule has 18 heavy (non-hydrogen) atoms. The van der Waals surface area contributed by atoms with E-state index in [1.165, 1.54) is 0 Å². The van der Waals surface area contributed by atoms with E-state index in [4.69, 9.17) is 0 Å². The summed E-state index contributed by atoms with van der Waals surface area (Å²) in [4.78, 5) is 22.4. The summed E-state index contributed by atoms with van der Waals surface area (Å²) in [5.74, 6) is -0.130. The van der Waals surface area contributed by atoms with E-state index in [1.807, 2.05) is 0 Å². The zero-order valence-electron chi connectivity index (χ0n) is 10.4. The van der Waals surface area contributed by atoms with Crippen LogP contribution in [-0.4, -0.2) is 25.4 Å². The molecule has 0 fully saturated rings. The predicted molar refractivity (Wildman–Crippen MR) is 75.2 cm³/mol. The van der Waals surface area contributed by atoms with Crippen LogP contribution in [0.25, 0.3) is 0 Å². The van der Waals surface area contributed by atoms with Crippen molar-refractivity contribution >= 4 is 35.6 Å². The molecule has 1 rings (SSSR count). The summed E-state index contributed by atoms with van der Waals surface area (Å²) in [5, 5.41) is 8.22. The third-order valence-electron chi connectivity index (χ3n) is 2.11. The molecule has 6 heteroatoms. The lowest BCUT2D eigenvalue weighted by atomic mass is 10.2. The number of carbonyl (C=O) groups is 2. The van der Waals surface area contributed by atoms with Crippen LogP contribution in [0.5, 0.6) is 0 Å². The molecule has 0 radical (unpaired) electrons. The number of rotatable bonds is 5. The molecule has 0 spiro atoms. The van der Waals surface area contributed by atoms with E-state index in [-0.39, 0.29) is 30.8 Å². The fourth-order valence-electron chi connectivity index (χ4n) is 1.25. The maximum atomic E-state index is 11.3. The Bertz CT molecular complexity index is 393. The predicted octanol–water partition coefficient (Wildman–Crippen LogP) is 1.61. The average Bonchev–Trinajstić information content (AvgIpc) is 2.32. The van der Waals surface area contributed by atoms with Gasteiger partial charge in [0.25, 0.3) is 0 Å². The maximum absolute atomic E-state index is 11.3. The van der Waals surface area contributed by atoms with Crippen LogP contribution in [0.3, 0.4) is 0 Å². The first-order valence-corrected chi connectivity index (χ1v) is 5.50. The molecule has 3 N–H and O–H groups in total. The second kappa shape index (κ2) is 8.49. The first kappa shape index (κ1) is 16.4. The van der Waals surface area contributed by atoms with E-state index in [1.54, 1.807) is 38.2 Å². The van der Waals surface area contributed by atoms with Gasteiger partial charge in [-0.1, -0.05) is 6.92 Å². The molecule has 1 aromatic rings. The number of benzene rings is 1. The van der Waals surface area contributed by atoms with Crippen LogP contribution >= 0.6 is 12.4 Å². The van der Waals surface area contributed by atoms with E-state index < -0.39 is 0 Å². The van der Waals surface area contributed by atoms with E-state index >= 15 is 0 Å². The monoisotopic (exact) mass is 271 g/mol. The molecular formula is C12H18ClN3O2. The van der Waals surface area contributed by atoms with Crippen LogP contribution in [0, 0.1) is 0 Å². The summed E-state index contributed by atoms with van der Waals surface area (Å²) in [6.07, 6.45) is 0.445. The van der Waals surface area contributed by atoms with Crippen LogP contribution in [0.2, 0.25) is 0 Å². The van der Waals surface area contributed by atoms with Crippen LogP contribution in [0.4, 0.5) is 11.4 Å². The van der Waals surface area contributed by atoms with E-state index in [2.05, 4.69) is 16.0 Å². The average molecular weight is 272 g/mol. The highest BCUT2D eigenvalue weighted by Gasteiger charge is 2.01. The van der Waals surface area contributed by atoms with Gasteiger partial charge in [0, 0.05) is 17.8 Å². The van der Waals surface area contributed by atoms with Gasteiger partial charge in [0.2, 0.25) is 11.8 Å². The minimum absolute atomic E-state index is 0. The zero-order valence-corrected chi connectivity index (χ0v) is 11.3. The minimum atomic E-state index is -0.0992. The Morgan fingerprint density at radius 3 is 1.83 bits per heavy atom. The fourth-order valence-corrected chi connectivity index (χ4v) is 1.25.